The minimum Gasteiger partial charge on any atom is -0.300 e. The molecule has 0 bridgehead atoms. The van der Waals surface area contributed by atoms with Crippen LogP contribution >= 0.6 is 23.6 Å². The number of para-hydroxylation sites is 1. The van der Waals surface area contributed by atoms with Gasteiger partial charge in [-0.1, -0.05) is 18.2 Å². The lowest BCUT2D eigenvalue weighted by Gasteiger charge is -2.22. The van der Waals surface area contributed by atoms with Gasteiger partial charge in [0.1, 0.15) is 10.8 Å². The molecule has 3 rings (SSSR count). The molecule has 24 heavy (non-hydrogen) atoms. The molecule has 1 aromatic carbocycles. The van der Waals surface area contributed by atoms with Gasteiger partial charge in [-0.05, 0) is 45.2 Å². The highest BCUT2D eigenvalue weighted by Gasteiger charge is 2.18. The zero-order valence-corrected chi connectivity index (χ0v) is 15.8. The summed E-state index contributed by atoms with van der Waals surface area (Å²) in [7, 11) is 2.07. The molecule has 3 aromatic rings. The van der Waals surface area contributed by atoms with E-state index < -0.39 is 0 Å². The lowest BCUT2D eigenvalue weighted by molar-refractivity contribution is 0.194. The zero-order valence-electron chi connectivity index (χ0n) is 14.1. The number of allylic oxidation sites excluding steroid dienone is 1. The molecule has 0 amide bonds. The number of nitrogens with zero attached hydrogens (tertiary/aromatic N) is 5. The Balaban J connectivity index is 1.81. The Morgan fingerprint density at radius 1 is 1.42 bits per heavy atom. The summed E-state index contributed by atoms with van der Waals surface area (Å²) in [6.45, 7) is 9.21. The van der Waals surface area contributed by atoms with Gasteiger partial charge in [0.15, 0.2) is 4.77 Å². The molecule has 2 heterocycles. The Morgan fingerprint density at radius 3 is 2.88 bits per heavy atom. The Hall–Kier alpha value is -1.83. The van der Waals surface area contributed by atoms with Crippen LogP contribution in [0.15, 0.2) is 36.9 Å². The van der Waals surface area contributed by atoms with E-state index in [0.717, 1.165) is 21.1 Å². The quantitative estimate of drug-likeness (QED) is 0.489. The molecule has 2 aromatic heterocycles. The van der Waals surface area contributed by atoms with Gasteiger partial charge in [-0.25, -0.2) is 9.67 Å². The minimum atomic E-state index is 0.189. The normalized spacial score (nSPS) is 12.8. The van der Waals surface area contributed by atoms with Crippen LogP contribution < -0.4 is 0 Å². The van der Waals surface area contributed by atoms with E-state index in [1.165, 1.54) is 4.70 Å². The summed E-state index contributed by atoms with van der Waals surface area (Å²) in [4.78, 5) is 6.96. The molecule has 1 atom stereocenters. The highest BCUT2D eigenvalue weighted by Crippen LogP contribution is 2.28. The number of aromatic nitrogens is 4. The van der Waals surface area contributed by atoms with Crippen LogP contribution in [0.2, 0.25) is 0 Å². The van der Waals surface area contributed by atoms with E-state index in [1.54, 1.807) is 11.3 Å². The molecule has 0 unspecified atom stereocenters. The Kier molecular flexibility index (Phi) is 4.93. The van der Waals surface area contributed by atoms with Crippen LogP contribution in [0, 0.1) is 11.7 Å². The summed E-state index contributed by atoms with van der Waals surface area (Å²) in [5.74, 6) is 0.904. The topological polar surface area (TPSA) is 38.9 Å². The molecule has 0 aliphatic carbocycles. The molecule has 0 saturated carbocycles. The monoisotopic (exact) mass is 359 g/mol. The van der Waals surface area contributed by atoms with E-state index in [9.17, 15) is 0 Å². The summed E-state index contributed by atoms with van der Waals surface area (Å²) in [5.41, 5.74) is 1.06. The highest BCUT2D eigenvalue weighted by molar-refractivity contribution is 7.71. The fourth-order valence-electron chi connectivity index (χ4n) is 2.57. The molecule has 0 aliphatic heterocycles. The van der Waals surface area contributed by atoms with E-state index in [4.69, 9.17) is 17.2 Å². The van der Waals surface area contributed by atoms with Crippen LogP contribution in [0.5, 0.6) is 0 Å². The highest BCUT2D eigenvalue weighted by atomic mass is 32.1. The van der Waals surface area contributed by atoms with E-state index in [2.05, 4.69) is 42.7 Å². The van der Waals surface area contributed by atoms with Crippen molar-refractivity contribution in [2.45, 2.75) is 33.1 Å². The van der Waals surface area contributed by atoms with Crippen LogP contribution in [0.25, 0.3) is 10.2 Å². The molecule has 0 radical (unpaired) electrons. The average Bonchev–Trinajstić information content (AvgIpc) is 3.11. The fourth-order valence-corrected chi connectivity index (χ4v) is 3.96. The van der Waals surface area contributed by atoms with Gasteiger partial charge in [-0.2, -0.15) is 5.10 Å². The Labute approximate surface area is 150 Å². The predicted octanol–water partition coefficient (Wildman–Crippen LogP) is 4.17. The Morgan fingerprint density at radius 2 is 2.17 bits per heavy atom. The summed E-state index contributed by atoms with van der Waals surface area (Å²) in [6.07, 6.45) is 1.84. The van der Waals surface area contributed by atoms with E-state index in [-0.39, 0.29) is 6.04 Å². The van der Waals surface area contributed by atoms with Crippen molar-refractivity contribution in [1.29, 1.82) is 0 Å². The maximum Gasteiger partial charge on any atom is 0.199 e. The van der Waals surface area contributed by atoms with E-state index in [1.807, 2.05) is 34.4 Å². The third kappa shape index (κ3) is 3.19. The van der Waals surface area contributed by atoms with Crippen molar-refractivity contribution in [3.63, 3.8) is 0 Å². The van der Waals surface area contributed by atoms with Gasteiger partial charge in [-0.3, -0.25) is 4.90 Å². The number of rotatable bonds is 6. The van der Waals surface area contributed by atoms with Crippen molar-refractivity contribution >= 4 is 33.8 Å². The van der Waals surface area contributed by atoms with Gasteiger partial charge >= 0.3 is 0 Å². The second-order valence-corrected chi connectivity index (χ2v) is 7.25. The van der Waals surface area contributed by atoms with Crippen LogP contribution in [0.3, 0.4) is 0 Å². The molecule has 0 spiro atoms. The number of thiazole rings is 1. The van der Waals surface area contributed by atoms with E-state index in [0.29, 0.717) is 13.2 Å². The van der Waals surface area contributed by atoms with Crippen molar-refractivity contribution in [2.24, 2.45) is 0 Å². The van der Waals surface area contributed by atoms with Crippen molar-refractivity contribution in [3.05, 3.63) is 52.5 Å². The SMILES string of the molecule is C=CCn1c(C)nn(CN(C)[C@@H](C)c2nc3ccccc3s2)c1=S. The van der Waals surface area contributed by atoms with Gasteiger partial charge in [0.25, 0.3) is 0 Å². The predicted molar refractivity (Wildman–Crippen MR) is 102 cm³/mol. The molecular formula is C17H21N5S2. The number of hydrogen-bond donors (Lipinski definition) is 0. The van der Waals surface area contributed by atoms with Crippen molar-refractivity contribution in [1.82, 2.24) is 24.2 Å². The molecule has 0 fully saturated rings. The number of aryl methyl sites for hydroxylation is 1. The first-order valence-corrected chi connectivity index (χ1v) is 9.04. The third-order valence-corrected chi connectivity index (χ3v) is 5.74. The third-order valence-electron chi connectivity index (χ3n) is 4.11. The van der Waals surface area contributed by atoms with Crippen LogP contribution in [0.1, 0.15) is 23.8 Å². The molecule has 0 aliphatic rings. The molecule has 7 heteroatoms. The van der Waals surface area contributed by atoms with E-state index >= 15 is 0 Å². The van der Waals surface area contributed by atoms with Gasteiger partial charge < -0.3 is 4.57 Å². The van der Waals surface area contributed by atoms with Gasteiger partial charge in [-0.15, -0.1) is 17.9 Å². The standard InChI is InChI=1S/C17H21N5S2/c1-5-10-21-13(3)19-22(17(21)23)11-20(4)12(2)16-18-14-8-6-7-9-15(14)24-16/h5-9,12H,1,10-11H2,2-4H3/t12-/m0/s1. The Bertz CT molecular complexity index is 888. The maximum absolute atomic E-state index is 5.53. The van der Waals surface area contributed by atoms with Gasteiger partial charge in [0.05, 0.1) is 22.9 Å². The fraction of sp³-hybridized carbons (Fsp3) is 0.353. The van der Waals surface area contributed by atoms with Crippen molar-refractivity contribution in [3.8, 4) is 0 Å². The minimum absolute atomic E-state index is 0.189. The summed E-state index contributed by atoms with van der Waals surface area (Å²) < 4.78 is 5.78. The molecular weight excluding hydrogens is 338 g/mol. The summed E-state index contributed by atoms with van der Waals surface area (Å²) in [6, 6.07) is 8.42. The lowest BCUT2D eigenvalue weighted by atomic mass is 10.3. The van der Waals surface area contributed by atoms with Crippen molar-refractivity contribution in [2.75, 3.05) is 7.05 Å². The first kappa shape index (κ1) is 17.0. The maximum atomic E-state index is 5.53. The van der Waals surface area contributed by atoms with Crippen molar-refractivity contribution < 1.29 is 0 Å². The first-order chi connectivity index (χ1) is 11.5. The van der Waals surface area contributed by atoms with Crippen LogP contribution in [-0.2, 0) is 13.2 Å². The first-order valence-electron chi connectivity index (χ1n) is 7.82. The molecule has 0 N–H and O–H groups in total. The smallest absolute Gasteiger partial charge is 0.199 e. The average molecular weight is 360 g/mol. The molecule has 126 valence electrons. The van der Waals surface area contributed by atoms with Crippen LogP contribution in [0.4, 0.5) is 0 Å². The summed E-state index contributed by atoms with van der Waals surface area (Å²) in [5, 5.41) is 5.66. The second-order valence-electron chi connectivity index (χ2n) is 5.82. The number of benzene rings is 1. The molecule has 5 nitrogen and oxygen atoms in total. The zero-order chi connectivity index (χ0) is 17.3. The van der Waals surface area contributed by atoms with Gasteiger partial charge in [0, 0.05) is 6.54 Å². The number of hydrogen-bond acceptors (Lipinski definition) is 5. The lowest BCUT2D eigenvalue weighted by Crippen LogP contribution is -2.26. The second kappa shape index (κ2) is 6.96. The van der Waals surface area contributed by atoms with Gasteiger partial charge in [0.2, 0.25) is 0 Å². The largest absolute Gasteiger partial charge is 0.300 e. The summed E-state index contributed by atoms with van der Waals surface area (Å²) >= 11 is 7.27. The number of fused-ring (bicyclic) bond motifs is 1. The van der Waals surface area contributed by atoms with Crippen LogP contribution in [-0.4, -0.2) is 31.3 Å². The molecule has 0 saturated heterocycles.